The average Bonchev–Trinajstić information content (AvgIpc) is 2.27. The number of halogens is 3. The lowest BCUT2D eigenvalue weighted by Crippen LogP contribution is -2.49. The second-order valence-electron chi connectivity index (χ2n) is 5.82. The highest BCUT2D eigenvalue weighted by atomic mass is 19.4. The molecule has 0 aliphatic heterocycles. The van der Waals surface area contributed by atoms with Crippen LogP contribution in [-0.2, 0) is 4.74 Å². The lowest BCUT2D eigenvalue weighted by atomic mass is 9.78. The van der Waals surface area contributed by atoms with Crippen LogP contribution >= 0.6 is 0 Å². The highest BCUT2D eigenvalue weighted by Gasteiger charge is 2.35. The average molecular weight is 281 g/mol. The largest absolute Gasteiger partial charge is 0.391 e. The molecule has 1 fully saturated rings. The van der Waals surface area contributed by atoms with Crippen LogP contribution in [0.4, 0.5) is 13.2 Å². The lowest BCUT2D eigenvalue weighted by Gasteiger charge is -2.40. The first-order valence-corrected chi connectivity index (χ1v) is 7.25. The van der Waals surface area contributed by atoms with E-state index in [4.69, 9.17) is 4.74 Å². The molecule has 0 bridgehead atoms. The van der Waals surface area contributed by atoms with E-state index in [1.54, 1.807) is 0 Å². The summed E-state index contributed by atoms with van der Waals surface area (Å²) in [7, 11) is 0. The number of nitrogens with one attached hydrogen (secondary N) is 1. The minimum absolute atomic E-state index is 0.0925. The molecule has 0 aromatic rings. The first-order valence-electron chi connectivity index (χ1n) is 7.25. The molecule has 4 unspecified atom stereocenters. The lowest BCUT2D eigenvalue weighted by molar-refractivity contribution is -0.155. The van der Waals surface area contributed by atoms with Gasteiger partial charge in [-0.2, -0.15) is 13.2 Å². The van der Waals surface area contributed by atoms with Crippen LogP contribution in [0, 0.1) is 11.8 Å². The van der Waals surface area contributed by atoms with Gasteiger partial charge >= 0.3 is 6.18 Å². The molecule has 2 nitrogen and oxygen atoms in total. The standard InChI is InChI=1S/C14H26F3NO/c1-4-6-18-12-9-10(2)8-11(3)13(12)19-7-5-14(15,16)17/h10-13,18H,4-9H2,1-3H3. The van der Waals surface area contributed by atoms with Gasteiger partial charge in [0.15, 0.2) is 0 Å². The molecule has 1 N–H and O–H groups in total. The smallest absolute Gasteiger partial charge is 0.376 e. The van der Waals surface area contributed by atoms with E-state index in [0.29, 0.717) is 11.8 Å². The van der Waals surface area contributed by atoms with E-state index >= 15 is 0 Å². The van der Waals surface area contributed by atoms with Crippen molar-refractivity contribution in [2.24, 2.45) is 11.8 Å². The van der Waals surface area contributed by atoms with Crippen LogP contribution in [0.3, 0.4) is 0 Å². The zero-order valence-electron chi connectivity index (χ0n) is 12.1. The Morgan fingerprint density at radius 2 is 1.89 bits per heavy atom. The van der Waals surface area contributed by atoms with Crippen LogP contribution in [0.25, 0.3) is 0 Å². The van der Waals surface area contributed by atoms with Crippen molar-refractivity contribution in [2.45, 2.75) is 64.8 Å². The summed E-state index contributed by atoms with van der Waals surface area (Å²) >= 11 is 0. The Labute approximate surface area is 114 Å². The molecule has 1 aliphatic rings. The molecule has 0 spiro atoms. The Hall–Kier alpha value is -0.290. The fourth-order valence-corrected chi connectivity index (χ4v) is 2.95. The van der Waals surface area contributed by atoms with E-state index < -0.39 is 12.6 Å². The first-order chi connectivity index (χ1) is 8.83. The molecule has 1 aliphatic carbocycles. The number of rotatable bonds is 6. The Kier molecular flexibility index (Phi) is 6.60. The zero-order chi connectivity index (χ0) is 14.5. The Morgan fingerprint density at radius 1 is 1.21 bits per heavy atom. The third-order valence-electron chi connectivity index (χ3n) is 3.74. The van der Waals surface area contributed by atoms with Gasteiger partial charge in [-0.25, -0.2) is 0 Å². The highest BCUT2D eigenvalue weighted by molar-refractivity contribution is 4.88. The van der Waals surface area contributed by atoms with Crippen LogP contribution in [0.5, 0.6) is 0 Å². The van der Waals surface area contributed by atoms with Crippen molar-refractivity contribution in [1.82, 2.24) is 5.32 Å². The van der Waals surface area contributed by atoms with Crippen molar-refractivity contribution >= 4 is 0 Å². The van der Waals surface area contributed by atoms with E-state index in [1.165, 1.54) is 0 Å². The Bertz CT molecular complexity index is 258. The summed E-state index contributed by atoms with van der Waals surface area (Å²) in [5.41, 5.74) is 0. The molecular formula is C14H26F3NO. The van der Waals surface area contributed by atoms with Crippen molar-refractivity contribution < 1.29 is 17.9 Å². The van der Waals surface area contributed by atoms with E-state index in [0.717, 1.165) is 25.8 Å². The van der Waals surface area contributed by atoms with E-state index in [2.05, 4.69) is 26.1 Å². The molecule has 1 rings (SSSR count). The number of hydrogen-bond acceptors (Lipinski definition) is 2. The summed E-state index contributed by atoms with van der Waals surface area (Å²) in [4.78, 5) is 0. The molecule has 0 aromatic carbocycles. The van der Waals surface area contributed by atoms with Crippen LogP contribution in [-0.4, -0.2) is 31.5 Å². The van der Waals surface area contributed by atoms with Gasteiger partial charge < -0.3 is 10.1 Å². The van der Waals surface area contributed by atoms with Gasteiger partial charge in [0.05, 0.1) is 19.1 Å². The van der Waals surface area contributed by atoms with Crippen molar-refractivity contribution in [2.75, 3.05) is 13.2 Å². The molecular weight excluding hydrogens is 255 g/mol. The fourth-order valence-electron chi connectivity index (χ4n) is 2.95. The van der Waals surface area contributed by atoms with Crippen LogP contribution in [0.1, 0.15) is 46.5 Å². The van der Waals surface area contributed by atoms with Crippen LogP contribution < -0.4 is 5.32 Å². The summed E-state index contributed by atoms with van der Waals surface area (Å²) in [5.74, 6) is 0.915. The monoisotopic (exact) mass is 281 g/mol. The maximum atomic E-state index is 12.2. The molecule has 0 saturated heterocycles. The molecule has 4 atom stereocenters. The summed E-state index contributed by atoms with van der Waals surface area (Å²) in [5, 5.41) is 3.42. The summed E-state index contributed by atoms with van der Waals surface area (Å²) in [6, 6.07) is 0.187. The van der Waals surface area contributed by atoms with Gasteiger partial charge in [0.25, 0.3) is 0 Å². The van der Waals surface area contributed by atoms with Crippen molar-refractivity contribution in [3.8, 4) is 0 Å². The van der Waals surface area contributed by atoms with Gasteiger partial charge in [-0.1, -0.05) is 20.8 Å². The first kappa shape index (κ1) is 16.8. The fraction of sp³-hybridized carbons (Fsp3) is 1.00. The van der Waals surface area contributed by atoms with Crippen LogP contribution in [0.15, 0.2) is 0 Å². The molecule has 0 radical (unpaired) electrons. The topological polar surface area (TPSA) is 21.3 Å². The minimum Gasteiger partial charge on any atom is -0.376 e. The van der Waals surface area contributed by atoms with Gasteiger partial charge in [0.1, 0.15) is 0 Å². The van der Waals surface area contributed by atoms with Crippen LogP contribution in [0.2, 0.25) is 0 Å². The van der Waals surface area contributed by atoms with Gasteiger partial charge in [-0.05, 0) is 37.6 Å². The van der Waals surface area contributed by atoms with Gasteiger partial charge in [-0.3, -0.25) is 0 Å². The maximum Gasteiger partial charge on any atom is 0.391 e. The predicted octanol–water partition coefficient (Wildman–Crippen LogP) is 3.76. The molecule has 5 heteroatoms. The quantitative estimate of drug-likeness (QED) is 0.800. The van der Waals surface area contributed by atoms with Crippen molar-refractivity contribution in [1.29, 1.82) is 0 Å². The predicted molar refractivity (Wildman–Crippen MR) is 70.1 cm³/mol. The molecule has 0 amide bonds. The summed E-state index contributed by atoms with van der Waals surface area (Å²) < 4.78 is 42.1. The summed E-state index contributed by atoms with van der Waals surface area (Å²) in [6.45, 7) is 7.03. The number of hydrogen-bond donors (Lipinski definition) is 1. The maximum absolute atomic E-state index is 12.2. The second-order valence-corrected chi connectivity index (χ2v) is 5.82. The third kappa shape index (κ3) is 6.13. The molecule has 114 valence electrons. The number of alkyl halides is 3. The van der Waals surface area contributed by atoms with E-state index in [9.17, 15) is 13.2 Å². The normalized spacial score (nSPS) is 32.5. The van der Waals surface area contributed by atoms with Gasteiger partial charge in [0, 0.05) is 6.04 Å². The summed E-state index contributed by atoms with van der Waals surface area (Å²) in [6.07, 6.45) is -2.04. The van der Waals surface area contributed by atoms with E-state index in [1.807, 2.05) is 0 Å². The number of ether oxygens (including phenoxy) is 1. The third-order valence-corrected chi connectivity index (χ3v) is 3.74. The Balaban J connectivity index is 2.48. The minimum atomic E-state index is -4.13. The zero-order valence-corrected chi connectivity index (χ0v) is 12.1. The SMILES string of the molecule is CCCNC1CC(C)CC(C)C1OCCC(F)(F)F. The highest BCUT2D eigenvalue weighted by Crippen LogP contribution is 2.32. The van der Waals surface area contributed by atoms with Crippen molar-refractivity contribution in [3.05, 3.63) is 0 Å². The second kappa shape index (κ2) is 7.48. The Morgan fingerprint density at radius 3 is 2.47 bits per heavy atom. The van der Waals surface area contributed by atoms with Gasteiger partial charge in [-0.15, -0.1) is 0 Å². The molecule has 0 heterocycles. The molecule has 1 saturated carbocycles. The van der Waals surface area contributed by atoms with Gasteiger partial charge in [0.2, 0.25) is 0 Å². The van der Waals surface area contributed by atoms with Crippen molar-refractivity contribution in [3.63, 3.8) is 0 Å². The van der Waals surface area contributed by atoms with E-state index in [-0.39, 0.29) is 18.8 Å². The molecule has 19 heavy (non-hydrogen) atoms. The molecule has 0 aromatic heterocycles.